The van der Waals surface area contributed by atoms with Gasteiger partial charge >= 0.3 is 5.97 Å². The molecular weight excluding hydrogens is 398 g/mol. The number of rotatable bonds is 8. The van der Waals surface area contributed by atoms with Crippen molar-refractivity contribution in [2.24, 2.45) is 5.10 Å². The normalized spacial score (nSPS) is 10.3. The number of hydrogen-bond acceptors (Lipinski definition) is 6. The maximum Gasteiger partial charge on any atom is 0.343 e. The molecule has 2 N–H and O–H groups in total. The highest BCUT2D eigenvalue weighted by atomic mass is 79.9. The van der Waals surface area contributed by atoms with Crippen LogP contribution in [-0.4, -0.2) is 44.2 Å². The number of nitrogens with one attached hydrogen (secondary N) is 2. The van der Waals surface area contributed by atoms with Crippen LogP contribution in [0.15, 0.2) is 21.7 Å². The number of nitrogens with zero attached hydrogens (tertiary/aromatic N) is 1. The maximum absolute atomic E-state index is 11.2. The summed E-state index contributed by atoms with van der Waals surface area (Å²) >= 11 is 8.46. The van der Waals surface area contributed by atoms with E-state index in [1.807, 2.05) is 13.8 Å². The molecule has 0 spiro atoms. The van der Waals surface area contributed by atoms with Gasteiger partial charge in [0, 0.05) is 16.6 Å². The lowest BCUT2D eigenvalue weighted by Crippen LogP contribution is -2.31. The van der Waals surface area contributed by atoms with E-state index in [0.29, 0.717) is 29.8 Å². The first-order valence-electron chi connectivity index (χ1n) is 7.24. The Morgan fingerprint density at radius 3 is 2.67 bits per heavy atom. The third kappa shape index (κ3) is 6.71. The molecule has 9 heteroatoms. The van der Waals surface area contributed by atoms with Crippen molar-refractivity contribution in [2.45, 2.75) is 13.8 Å². The Balaban J connectivity index is 2.90. The highest BCUT2D eigenvalue weighted by Gasteiger charge is 2.12. The zero-order valence-corrected chi connectivity index (χ0v) is 16.1. The first-order chi connectivity index (χ1) is 11.5. The first kappa shape index (κ1) is 20.2. The molecule has 1 rings (SSSR count). The van der Waals surface area contributed by atoms with E-state index in [9.17, 15) is 4.79 Å². The van der Waals surface area contributed by atoms with Crippen molar-refractivity contribution in [3.05, 3.63) is 22.2 Å². The molecule has 24 heavy (non-hydrogen) atoms. The number of benzene rings is 1. The summed E-state index contributed by atoms with van der Waals surface area (Å²) in [5, 5.41) is 7.42. The standard InChI is InChI=1S/C15H20BrN3O4S/c1-4-17-15(24)19-18-8-10-6-12(22-5-2)13(7-11(10)16)23-9-14(20)21-3/h6-8H,4-5,9H2,1-3H3,(H2,17,19,24). The number of hydrogen-bond donors (Lipinski definition) is 2. The predicted molar refractivity (Wildman–Crippen MR) is 99.8 cm³/mol. The fraction of sp³-hybridized carbons (Fsp3) is 0.400. The number of halogens is 1. The summed E-state index contributed by atoms with van der Waals surface area (Å²) in [5.41, 5.74) is 3.47. The van der Waals surface area contributed by atoms with Gasteiger partial charge in [0.05, 0.1) is 19.9 Å². The predicted octanol–water partition coefficient (Wildman–Crippen LogP) is 2.22. The van der Waals surface area contributed by atoms with Crippen LogP contribution in [0.25, 0.3) is 0 Å². The van der Waals surface area contributed by atoms with E-state index < -0.39 is 5.97 Å². The minimum Gasteiger partial charge on any atom is -0.490 e. The number of thiocarbonyl (C=S) groups is 1. The maximum atomic E-state index is 11.2. The summed E-state index contributed by atoms with van der Waals surface area (Å²) in [7, 11) is 1.30. The molecule has 0 heterocycles. The van der Waals surface area contributed by atoms with Gasteiger partial charge in [0.2, 0.25) is 0 Å². The van der Waals surface area contributed by atoms with Crippen molar-refractivity contribution in [2.75, 3.05) is 26.9 Å². The molecular formula is C15H20BrN3O4S. The minimum atomic E-state index is -0.472. The van der Waals surface area contributed by atoms with Crippen molar-refractivity contribution in [3.63, 3.8) is 0 Å². The topological polar surface area (TPSA) is 81.2 Å². The van der Waals surface area contributed by atoms with Crippen LogP contribution in [0.2, 0.25) is 0 Å². The van der Waals surface area contributed by atoms with E-state index in [-0.39, 0.29) is 6.61 Å². The van der Waals surface area contributed by atoms with Crippen molar-refractivity contribution >= 4 is 45.4 Å². The van der Waals surface area contributed by atoms with E-state index >= 15 is 0 Å². The van der Waals surface area contributed by atoms with Gasteiger partial charge in [0.1, 0.15) is 0 Å². The van der Waals surface area contributed by atoms with E-state index in [1.165, 1.54) is 7.11 Å². The summed E-state index contributed by atoms with van der Waals surface area (Å²) in [5.74, 6) is 0.461. The first-order valence-corrected chi connectivity index (χ1v) is 8.44. The van der Waals surface area contributed by atoms with E-state index in [2.05, 4.69) is 36.5 Å². The third-order valence-electron chi connectivity index (χ3n) is 2.64. The van der Waals surface area contributed by atoms with Gasteiger partial charge in [-0.05, 0) is 54.1 Å². The van der Waals surface area contributed by atoms with Gasteiger partial charge < -0.3 is 19.5 Å². The van der Waals surface area contributed by atoms with Gasteiger partial charge in [-0.2, -0.15) is 5.10 Å². The molecule has 0 unspecified atom stereocenters. The molecule has 0 aliphatic carbocycles. The van der Waals surface area contributed by atoms with Gasteiger partial charge in [-0.15, -0.1) is 0 Å². The molecule has 0 radical (unpaired) electrons. The monoisotopic (exact) mass is 417 g/mol. The highest BCUT2D eigenvalue weighted by molar-refractivity contribution is 9.10. The quantitative estimate of drug-likeness (QED) is 0.290. The molecule has 0 saturated heterocycles. The molecule has 0 aliphatic heterocycles. The molecule has 0 bridgehead atoms. The Morgan fingerprint density at radius 2 is 2.04 bits per heavy atom. The van der Waals surface area contributed by atoms with Gasteiger partial charge in [0.15, 0.2) is 23.2 Å². The van der Waals surface area contributed by atoms with Crippen molar-refractivity contribution < 1.29 is 19.0 Å². The zero-order chi connectivity index (χ0) is 17.9. The van der Waals surface area contributed by atoms with Crippen LogP contribution in [0.5, 0.6) is 11.5 Å². The second-order valence-electron chi connectivity index (χ2n) is 4.35. The van der Waals surface area contributed by atoms with Crippen LogP contribution in [-0.2, 0) is 9.53 Å². The molecule has 0 aliphatic rings. The Bertz CT molecular complexity index is 611. The fourth-order valence-corrected chi connectivity index (χ4v) is 2.21. The number of ether oxygens (including phenoxy) is 3. The van der Waals surface area contributed by atoms with Gasteiger partial charge in [-0.3, -0.25) is 5.43 Å². The number of carbonyl (C=O) groups is 1. The van der Waals surface area contributed by atoms with Crippen LogP contribution in [0.1, 0.15) is 19.4 Å². The van der Waals surface area contributed by atoms with Crippen LogP contribution in [0.3, 0.4) is 0 Å². The molecule has 7 nitrogen and oxygen atoms in total. The smallest absolute Gasteiger partial charge is 0.343 e. The Morgan fingerprint density at radius 1 is 1.33 bits per heavy atom. The van der Waals surface area contributed by atoms with Crippen LogP contribution < -0.4 is 20.2 Å². The third-order valence-corrected chi connectivity index (χ3v) is 3.57. The SMILES string of the molecule is CCNC(=S)NN=Cc1cc(OCC)c(OCC(=O)OC)cc1Br. The van der Waals surface area contributed by atoms with E-state index in [0.717, 1.165) is 10.0 Å². The largest absolute Gasteiger partial charge is 0.490 e. The summed E-state index contributed by atoms with van der Waals surface area (Å²) in [6.45, 7) is 4.77. The molecule has 0 fully saturated rings. The molecule has 1 aromatic rings. The summed E-state index contributed by atoms with van der Waals surface area (Å²) in [4.78, 5) is 11.2. The van der Waals surface area contributed by atoms with Gasteiger partial charge in [0.25, 0.3) is 0 Å². The average Bonchev–Trinajstić information content (AvgIpc) is 2.56. The van der Waals surface area contributed by atoms with Gasteiger partial charge in [-0.1, -0.05) is 0 Å². The van der Waals surface area contributed by atoms with Crippen molar-refractivity contribution in [3.8, 4) is 11.5 Å². The molecule has 1 aromatic carbocycles. The second kappa shape index (κ2) is 10.8. The number of hydrazone groups is 1. The van der Waals surface area contributed by atoms with Crippen LogP contribution in [0, 0.1) is 0 Å². The Hall–Kier alpha value is -1.87. The molecule has 0 atom stereocenters. The lowest BCUT2D eigenvalue weighted by atomic mass is 10.2. The second-order valence-corrected chi connectivity index (χ2v) is 5.61. The summed E-state index contributed by atoms with van der Waals surface area (Å²) in [6, 6.07) is 3.46. The Kier molecular flexibility index (Phi) is 9.10. The lowest BCUT2D eigenvalue weighted by molar-refractivity contribution is -0.142. The van der Waals surface area contributed by atoms with Crippen molar-refractivity contribution in [1.29, 1.82) is 0 Å². The Labute approximate surface area is 154 Å². The number of esters is 1. The lowest BCUT2D eigenvalue weighted by Gasteiger charge is -2.13. The summed E-state index contributed by atoms with van der Waals surface area (Å²) < 4.78 is 16.3. The van der Waals surface area contributed by atoms with E-state index in [4.69, 9.17) is 21.7 Å². The average molecular weight is 418 g/mol. The molecule has 132 valence electrons. The van der Waals surface area contributed by atoms with Gasteiger partial charge in [-0.25, -0.2) is 4.79 Å². The molecule has 0 aromatic heterocycles. The highest BCUT2D eigenvalue weighted by Crippen LogP contribution is 2.33. The number of methoxy groups -OCH3 is 1. The zero-order valence-electron chi connectivity index (χ0n) is 13.7. The van der Waals surface area contributed by atoms with Crippen LogP contribution >= 0.6 is 28.1 Å². The molecule has 0 amide bonds. The summed E-state index contributed by atoms with van der Waals surface area (Å²) in [6.07, 6.45) is 1.60. The number of carbonyl (C=O) groups excluding carboxylic acids is 1. The molecule has 0 saturated carbocycles. The van der Waals surface area contributed by atoms with E-state index in [1.54, 1.807) is 18.3 Å². The van der Waals surface area contributed by atoms with Crippen LogP contribution in [0.4, 0.5) is 0 Å². The van der Waals surface area contributed by atoms with Crippen molar-refractivity contribution in [1.82, 2.24) is 10.7 Å². The fourth-order valence-electron chi connectivity index (χ4n) is 1.59. The minimum absolute atomic E-state index is 0.199.